The van der Waals surface area contributed by atoms with Crippen molar-refractivity contribution >= 4 is 5.96 Å². The van der Waals surface area contributed by atoms with E-state index in [2.05, 4.69) is 44.9 Å². The largest absolute Gasteiger partial charge is 0.352 e. The number of nitrogens with zero attached hydrogens (tertiary/aromatic N) is 3. The molecule has 0 fully saturated rings. The highest BCUT2D eigenvalue weighted by molar-refractivity contribution is 5.80. The summed E-state index contributed by atoms with van der Waals surface area (Å²) in [7, 11) is 1.73. The Kier molecular flexibility index (Phi) is 6.42. The molecular formula is C22H26FN5. The summed E-state index contributed by atoms with van der Waals surface area (Å²) in [6.45, 7) is 5.19. The molecule has 0 aliphatic rings. The van der Waals surface area contributed by atoms with E-state index in [-0.39, 0.29) is 11.9 Å². The molecule has 2 aromatic carbocycles. The first-order valence-electron chi connectivity index (χ1n) is 9.32. The van der Waals surface area contributed by atoms with Crippen LogP contribution in [-0.4, -0.2) is 22.6 Å². The molecule has 0 saturated carbocycles. The van der Waals surface area contributed by atoms with Gasteiger partial charge in [-0.05, 0) is 42.2 Å². The Morgan fingerprint density at radius 2 is 2.04 bits per heavy atom. The van der Waals surface area contributed by atoms with Crippen LogP contribution in [-0.2, 0) is 13.1 Å². The molecule has 1 unspecified atom stereocenters. The Labute approximate surface area is 165 Å². The highest BCUT2D eigenvalue weighted by Crippen LogP contribution is 2.16. The third-order valence-electron chi connectivity index (χ3n) is 4.65. The minimum absolute atomic E-state index is 0.0612. The monoisotopic (exact) mass is 379 g/mol. The normalized spacial score (nSPS) is 12.6. The molecule has 0 spiro atoms. The van der Waals surface area contributed by atoms with Crippen molar-refractivity contribution in [2.24, 2.45) is 4.99 Å². The second-order valence-corrected chi connectivity index (χ2v) is 6.86. The number of aromatic nitrogens is 2. The molecule has 1 atom stereocenters. The molecule has 6 heteroatoms. The Balaban J connectivity index is 1.58. The summed E-state index contributed by atoms with van der Waals surface area (Å²) in [5, 5.41) is 6.64. The summed E-state index contributed by atoms with van der Waals surface area (Å²) in [5.41, 5.74) is 3.90. The van der Waals surface area contributed by atoms with Crippen LogP contribution in [0.2, 0.25) is 0 Å². The van der Waals surface area contributed by atoms with E-state index in [1.807, 2.05) is 30.1 Å². The fourth-order valence-corrected chi connectivity index (χ4v) is 2.98. The van der Waals surface area contributed by atoms with Crippen LogP contribution in [0.1, 0.15) is 35.2 Å². The van der Waals surface area contributed by atoms with E-state index < -0.39 is 0 Å². The number of aryl methyl sites for hydroxylation is 1. The van der Waals surface area contributed by atoms with Gasteiger partial charge in [0.1, 0.15) is 5.82 Å². The summed E-state index contributed by atoms with van der Waals surface area (Å²) >= 11 is 0. The lowest BCUT2D eigenvalue weighted by Crippen LogP contribution is -2.38. The molecule has 0 aliphatic heterocycles. The molecule has 146 valence electrons. The van der Waals surface area contributed by atoms with Gasteiger partial charge >= 0.3 is 0 Å². The van der Waals surface area contributed by atoms with E-state index in [1.165, 1.54) is 5.56 Å². The topological polar surface area (TPSA) is 54.2 Å². The molecule has 28 heavy (non-hydrogen) atoms. The summed E-state index contributed by atoms with van der Waals surface area (Å²) in [4.78, 5) is 8.36. The van der Waals surface area contributed by atoms with E-state index in [0.29, 0.717) is 18.1 Å². The van der Waals surface area contributed by atoms with Crippen LogP contribution in [0.25, 0.3) is 0 Å². The number of nitrogens with one attached hydrogen (secondary N) is 2. The third kappa shape index (κ3) is 5.19. The lowest BCUT2D eigenvalue weighted by molar-refractivity contribution is 0.607. The standard InChI is InChI=1S/C22H26FN5/c1-16-7-8-20(12-21(16)23)17(2)27-22(24-3)26-13-18-5-4-6-19(11-18)14-28-10-9-25-15-28/h4-12,15,17H,13-14H2,1-3H3,(H2,24,26,27). The van der Waals surface area contributed by atoms with Crippen LogP contribution >= 0.6 is 0 Å². The first kappa shape index (κ1) is 19.6. The Hall–Kier alpha value is -3.15. The molecule has 0 radical (unpaired) electrons. The molecule has 1 heterocycles. The molecule has 3 aromatic rings. The van der Waals surface area contributed by atoms with E-state index >= 15 is 0 Å². The van der Waals surface area contributed by atoms with Crippen LogP contribution in [0, 0.1) is 12.7 Å². The molecule has 0 amide bonds. The number of benzene rings is 2. The van der Waals surface area contributed by atoms with Crippen LogP contribution in [0.15, 0.2) is 66.2 Å². The quantitative estimate of drug-likeness (QED) is 0.506. The Morgan fingerprint density at radius 1 is 1.21 bits per heavy atom. The Morgan fingerprint density at radius 3 is 2.75 bits per heavy atom. The summed E-state index contributed by atoms with van der Waals surface area (Å²) < 4.78 is 15.9. The van der Waals surface area contributed by atoms with Crippen molar-refractivity contribution in [1.29, 1.82) is 0 Å². The number of aliphatic imine (C=N–C) groups is 1. The molecule has 0 saturated heterocycles. The minimum atomic E-state index is -0.191. The summed E-state index contributed by atoms with van der Waals surface area (Å²) in [6.07, 6.45) is 5.54. The van der Waals surface area contributed by atoms with Gasteiger partial charge in [-0.3, -0.25) is 4.99 Å². The van der Waals surface area contributed by atoms with Crippen molar-refractivity contribution < 1.29 is 4.39 Å². The third-order valence-corrected chi connectivity index (χ3v) is 4.65. The van der Waals surface area contributed by atoms with Crippen molar-refractivity contribution in [3.63, 3.8) is 0 Å². The fourth-order valence-electron chi connectivity index (χ4n) is 2.98. The second kappa shape index (κ2) is 9.17. The number of halogens is 1. The van der Waals surface area contributed by atoms with E-state index in [9.17, 15) is 4.39 Å². The molecule has 1 aromatic heterocycles. The van der Waals surface area contributed by atoms with Crippen molar-refractivity contribution in [2.75, 3.05) is 7.05 Å². The maximum Gasteiger partial charge on any atom is 0.191 e. The van der Waals surface area contributed by atoms with Gasteiger partial charge in [0.25, 0.3) is 0 Å². The molecule has 5 nitrogen and oxygen atoms in total. The van der Waals surface area contributed by atoms with Gasteiger partial charge in [0.2, 0.25) is 0 Å². The lowest BCUT2D eigenvalue weighted by atomic mass is 10.1. The molecular weight excluding hydrogens is 353 g/mol. The van der Waals surface area contributed by atoms with E-state index in [0.717, 1.165) is 17.7 Å². The van der Waals surface area contributed by atoms with Gasteiger partial charge in [-0.1, -0.05) is 36.4 Å². The number of imidazole rings is 1. The van der Waals surface area contributed by atoms with Gasteiger partial charge in [0.05, 0.1) is 12.4 Å². The molecule has 3 rings (SSSR count). The molecule has 0 aliphatic carbocycles. The zero-order valence-electron chi connectivity index (χ0n) is 16.5. The molecule has 0 bridgehead atoms. The second-order valence-electron chi connectivity index (χ2n) is 6.86. The molecule has 2 N–H and O–H groups in total. The van der Waals surface area contributed by atoms with Gasteiger partial charge < -0.3 is 15.2 Å². The first-order chi connectivity index (χ1) is 13.5. The van der Waals surface area contributed by atoms with Crippen LogP contribution in [0.4, 0.5) is 4.39 Å². The van der Waals surface area contributed by atoms with Crippen LogP contribution < -0.4 is 10.6 Å². The first-order valence-corrected chi connectivity index (χ1v) is 9.32. The van der Waals surface area contributed by atoms with Gasteiger partial charge in [-0.25, -0.2) is 9.37 Å². The van der Waals surface area contributed by atoms with Crippen LogP contribution in [0.5, 0.6) is 0 Å². The van der Waals surface area contributed by atoms with Gasteiger partial charge in [-0.2, -0.15) is 0 Å². The highest BCUT2D eigenvalue weighted by atomic mass is 19.1. The van der Waals surface area contributed by atoms with Crippen molar-refractivity contribution in [1.82, 2.24) is 20.2 Å². The smallest absolute Gasteiger partial charge is 0.191 e. The number of hydrogen-bond donors (Lipinski definition) is 2. The number of hydrogen-bond acceptors (Lipinski definition) is 2. The van der Waals surface area contributed by atoms with Gasteiger partial charge in [-0.15, -0.1) is 0 Å². The minimum Gasteiger partial charge on any atom is -0.352 e. The maximum atomic E-state index is 13.8. The zero-order chi connectivity index (χ0) is 19.9. The van der Waals surface area contributed by atoms with Crippen molar-refractivity contribution in [3.8, 4) is 0 Å². The van der Waals surface area contributed by atoms with Crippen molar-refractivity contribution in [2.45, 2.75) is 33.0 Å². The van der Waals surface area contributed by atoms with Crippen LogP contribution in [0.3, 0.4) is 0 Å². The predicted molar refractivity (Wildman–Crippen MR) is 111 cm³/mol. The average molecular weight is 379 g/mol. The van der Waals surface area contributed by atoms with E-state index in [4.69, 9.17) is 0 Å². The Bertz CT molecular complexity index is 934. The van der Waals surface area contributed by atoms with Gasteiger partial charge in [0.15, 0.2) is 5.96 Å². The average Bonchev–Trinajstić information content (AvgIpc) is 3.20. The number of rotatable bonds is 6. The summed E-state index contributed by atoms with van der Waals surface area (Å²) in [6, 6.07) is 13.6. The SMILES string of the molecule is CN=C(NCc1cccc(Cn2ccnc2)c1)NC(C)c1ccc(C)c(F)c1. The highest BCUT2D eigenvalue weighted by Gasteiger charge is 2.10. The van der Waals surface area contributed by atoms with Crippen molar-refractivity contribution in [3.05, 3.63) is 89.3 Å². The number of guanidine groups is 1. The summed E-state index contributed by atoms with van der Waals surface area (Å²) in [5.74, 6) is 0.484. The zero-order valence-corrected chi connectivity index (χ0v) is 16.5. The predicted octanol–water partition coefficient (Wildman–Crippen LogP) is 3.81. The maximum absolute atomic E-state index is 13.8. The fraction of sp³-hybridized carbons (Fsp3) is 0.273. The van der Waals surface area contributed by atoms with E-state index in [1.54, 1.807) is 32.3 Å². The van der Waals surface area contributed by atoms with Gasteiger partial charge in [0, 0.05) is 32.5 Å². The lowest BCUT2D eigenvalue weighted by Gasteiger charge is -2.19.